The van der Waals surface area contributed by atoms with E-state index < -0.39 is 17.8 Å². The highest BCUT2D eigenvalue weighted by Crippen LogP contribution is 2.28. The summed E-state index contributed by atoms with van der Waals surface area (Å²) in [7, 11) is 0. The van der Waals surface area contributed by atoms with Crippen LogP contribution < -0.4 is 10.6 Å². The Labute approximate surface area is 104 Å². The number of anilines is 1. The SMILES string of the molecule is C[C@@H]1CN(c2ncccc2C(N)=O)C[C@H]1C(=O)O. The fraction of sp³-hybridized carbons (Fsp3) is 0.417. The number of aliphatic carboxylic acids is 1. The van der Waals surface area contributed by atoms with Gasteiger partial charge < -0.3 is 15.7 Å². The number of amides is 1. The predicted molar refractivity (Wildman–Crippen MR) is 65.3 cm³/mol. The molecule has 0 saturated carbocycles. The van der Waals surface area contributed by atoms with Crippen LogP contribution in [0.1, 0.15) is 17.3 Å². The first-order chi connectivity index (χ1) is 8.50. The normalized spacial score (nSPS) is 23.1. The van der Waals surface area contributed by atoms with Crippen LogP contribution in [0.4, 0.5) is 5.82 Å². The number of aromatic nitrogens is 1. The zero-order valence-corrected chi connectivity index (χ0v) is 10.0. The Hall–Kier alpha value is -2.11. The Kier molecular flexibility index (Phi) is 3.18. The molecule has 96 valence electrons. The molecule has 1 fully saturated rings. The van der Waals surface area contributed by atoms with Gasteiger partial charge in [-0.2, -0.15) is 0 Å². The molecule has 6 heteroatoms. The van der Waals surface area contributed by atoms with Crippen molar-refractivity contribution >= 4 is 17.7 Å². The summed E-state index contributed by atoms with van der Waals surface area (Å²) in [5.41, 5.74) is 5.62. The number of pyridine rings is 1. The predicted octanol–water partition coefficient (Wildman–Crippen LogP) is 0.337. The molecule has 6 nitrogen and oxygen atoms in total. The van der Waals surface area contributed by atoms with Crippen molar-refractivity contribution in [3.63, 3.8) is 0 Å². The molecule has 0 aromatic carbocycles. The zero-order chi connectivity index (χ0) is 13.3. The van der Waals surface area contributed by atoms with Crippen LogP contribution >= 0.6 is 0 Å². The van der Waals surface area contributed by atoms with Crippen molar-refractivity contribution in [2.24, 2.45) is 17.6 Å². The summed E-state index contributed by atoms with van der Waals surface area (Å²) in [6, 6.07) is 3.24. The van der Waals surface area contributed by atoms with Crippen molar-refractivity contribution in [3.05, 3.63) is 23.9 Å². The van der Waals surface area contributed by atoms with Crippen LogP contribution in [0.5, 0.6) is 0 Å². The molecule has 1 amide bonds. The fourth-order valence-corrected chi connectivity index (χ4v) is 2.30. The lowest BCUT2D eigenvalue weighted by molar-refractivity contribution is -0.142. The second kappa shape index (κ2) is 4.64. The first-order valence-electron chi connectivity index (χ1n) is 5.73. The number of primary amides is 1. The highest BCUT2D eigenvalue weighted by molar-refractivity contribution is 5.97. The lowest BCUT2D eigenvalue weighted by atomic mass is 9.99. The summed E-state index contributed by atoms with van der Waals surface area (Å²) in [5.74, 6) is -1.32. The van der Waals surface area contributed by atoms with E-state index in [4.69, 9.17) is 10.8 Å². The first-order valence-corrected chi connectivity index (χ1v) is 5.73. The number of carbonyl (C=O) groups excluding carboxylic acids is 1. The summed E-state index contributed by atoms with van der Waals surface area (Å²) in [6.07, 6.45) is 1.57. The summed E-state index contributed by atoms with van der Waals surface area (Å²) < 4.78 is 0. The fourth-order valence-electron chi connectivity index (χ4n) is 2.30. The highest BCUT2D eigenvalue weighted by Gasteiger charge is 2.36. The van der Waals surface area contributed by atoms with Gasteiger partial charge in [0.25, 0.3) is 5.91 Å². The third kappa shape index (κ3) is 2.13. The molecule has 1 aliphatic heterocycles. The standard InChI is InChI=1S/C12H15N3O3/c1-7-5-15(6-9(7)12(17)18)11-8(10(13)16)3-2-4-14-11/h2-4,7,9H,5-6H2,1H3,(H2,13,16)(H,17,18)/t7-,9-/m1/s1. The van der Waals surface area contributed by atoms with Gasteiger partial charge in [0.2, 0.25) is 0 Å². The zero-order valence-electron chi connectivity index (χ0n) is 10.0. The average Bonchev–Trinajstić information content (AvgIpc) is 2.71. The maximum atomic E-state index is 11.3. The Bertz CT molecular complexity index is 489. The van der Waals surface area contributed by atoms with Gasteiger partial charge in [-0.05, 0) is 18.1 Å². The molecule has 1 aliphatic rings. The summed E-state index contributed by atoms with van der Waals surface area (Å²) >= 11 is 0. The molecule has 2 atom stereocenters. The van der Waals surface area contributed by atoms with Gasteiger partial charge in [-0.15, -0.1) is 0 Å². The summed E-state index contributed by atoms with van der Waals surface area (Å²) in [4.78, 5) is 28.3. The molecule has 1 aromatic rings. The van der Waals surface area contributed by atoms with E-state index in [1.54, 1.807) is 18.3 Å². The minimum Gasteiger partial charge on any atom is -0.481 e. The third-order valence-corrected chi connectivity index (χ3v) is 3.28. The molecule has 18 heavy (non-hydrogen) atoms. The number of carboxylic acid groups (broad SMARTS) is 1. The van der Waals surface area contributed by atoms with Crippen LogP contribution in [0.3, 0.4) is 0 Å². The Morgan fingerprint density at radius 3 is 2.78 bits per heavy atom. The van der Waals surface area contributed by atoms with E-state index >= 15 is 0 Å². The number of nitrogens with two attached hydrogens (primary N) is 1. The lowest BCUT2D eigenvalue weighted by Crippen LogP contribution is -2.26. The van der Waals surface area contributed by atoms with Crippen molar-refractivity contribution in [3.8, 4) is 0 Å². The van der Waals surface area contributed by atoms with Crippen LogP contribution in [0, 0.1) is 11.8 Å². The molecule has 2 rings (SSSR count). The number of rotatable bonds is 3. The van der Waals surface area contributed by atoms with Gasteiger partial charge in [0, 0.05) is 19.3 Å². The van der Waals surface area contributed by atoms with Crippen molar-refractivity contribution in [1.29, 1.82) is 0 Å². The molecule has 0 aliphatic carbocycles. The van der Waals surface area contributed by atoms with E-state index in [-0.39, 0.29) is 5.92 Å². The maximum Gasteiger partial charge on any atom is 0.308 e. The largest absolute Gasteiger partial charge is 0.481 e. The molecule has 0 spiro atoms. The van der Waals surface area contributed by atoms with Gasteiger partial charge in [-0.25, -0.2) is 4.98 Å². The molecule has 2 heterocycles. The maximum absolute atomic E-state index is 11.3. The van der Waals surface area contributed by atoms with Crippen LogP contribution in [0.2, 0.25) is 0 Å². The number of hydrogen-bond donors (Lipinski definition) is 2. The average molecular weight is 249 g/mol. The van der Waals surface area contributed by atoms with Crippen LogP contribution in [0.25, 0.3) is 0 Å². The quantitative estimate of drug-likeness (QED) is 0.805. The highest BCUT2D eigenvalue weighted by atomic mass is 16.4. The summed E-state index contributed by atoms with van der Waals surface area (Å²) in [6.45, 7) is 2.80. The van der Waals surface area contributed by atoms with E-state index in [9.17, 15) is 9.59 Å². The van der Waals surface area contributed by atoms with E-state index in [0.29, 0.717) is 24.5 Å². The first kappa shape index (κ1) is 12.3. The molecule has 0 bridgehead atoms. The van der Waals surface area contributed by atoms with Crippen LogP contribution in [-0.4, -0.2) is 35.1 Å². The van der Waals surface area contributed by atoms with Gasteiger partial charge in [0.1, 0.15) is 5.82 Å². The van der Waals surface area contributed by atoms with E-state index in [2.05, 4.69) is 4.98 Å². The van der Waals surface area contributed by atoms with Crippen LogP contribution in [0.15, 0.2) is 18.3 Å². The van der Waals surface area contributed by atoms with Crippen molar-refractivity contribution in [2.45, 2.75) is 6.92 Å². The molecular weight excluding hydrogens is 234 g/mol. The number of hydrogen-bond acceptors (Lipinski definition) is 4. The summed E-state index contributed by atoms with van der Waals surface area (Å²) in [5, 5.41) is 9.09. The van der Waals surface area contributed by atoms with E-state index in [1.165, 1.54) is 0 Å². The smallest absolute Gasteiger partial charge is 0.308 e. The molecule has 1 saturated heterocycles. The molecule has 0 unspecified atom stereocenters. The molecule has 1 aromatic heterocycles. The van der Waals surface area contributed by atoms with Gasteiger partial charge in [0.05, 0.1) is 11.5 Å². The van der Waals surface area contributed by atoms with Gasteiger partial charge >= 0.3 is 5.97 Å². The number of nitrogens with zero attached hydrogens (tertiary/aromatic N) is 2. The number of carboxylic acids is 1. The van der Waals surface area contributed by atoms with E-state index in [0.717, 1.165) is 0 Å². The van der Waals surface area contributed by atoms with Gasteiger partial charge in [-0.1, -0.05) is 6.92 Å². The lowest BCUT2D eigenvalue weighted by Gasteiger charge is -2.18. The number of carbonyl (C=O) groups is 2. The third-order valence-electron chi connectivity index (χ3n) is 3.28. The minimum absolute atomic E-state index is 0.0187. The van der Waals surface area contributed by atoms with Crippen LogP contribution in [-0.2, 0) is 4.79 Å². The second-order valence-electron chi connectivity index (χ2n) is 4.57. The monoisotopic (exact) mass is 249 g/mol. The van der Waals surface area contributed by atoms with Gasteiger partial charge in [-0.3, -0.25) is 9.59 Å². The Morgan fingerprint density at radius 1 is 1.50 bits per heavy atom. The minimum atomic E-state index is -0.818. The topological polar surface area (TPSA) is 96.5 Å². The second-order valence-corrected chi connectivity index (χ2v) is 4.57. The molecular formula is C12H15N3O3. The van der Waals surface area contributed by atoms with Crippen molar-refractivity contribution < 1.29 is 14.7 Å². The van der Waals surface area contributed by atoms with Gasteiger partial charge in [0.15, 0.2) is 0 Å². The van der Waals surface area contributed by atoms with Crippen molar-refractivity contribution in [2.75, 3.05) is 18.0 Å². The van der Waals surface area contributed by atoms with E-state index in [1.807, 2.05) is 11.8 Å². The molecule has 3 N–H and O–H groups in total. The Balaban J connectivity index is 2.29. The molecule has 0 radical (unpaired) electrons. The van der Waals surface area contributed by atoms with Crippen molar-refractivity contribution in [1.82, 2.24) is 4.98 Å². The Morgan fingerprint density at radius 2 is 2.22 bits per heavy atom.